The van der Waals surface area contributed by atoms with Gasteiger partial charge >= 0.3 is 5.69 Å². The number of benzene rings is 3. The molecule has 1 saturated heterocycles. The lowest BCUT2D eigenvalue weighted by molar-refractivity contribution is -0.383. The van der Waals surface area contributed by atoms with E-state index in [9.17, 15) is 10.1 Å². The van der Waals surface area contributed by atoms with E-state index in [-0.39, 0.29) is 17.5 Å². The van der Waals surface area contributed by atoms with Gasteiger partial charge in [-0.2, -0.15) is 0 Å². The first kappa shape index (κ1) is 24.2. The number of rotatable bonds is 8. The molecular weight excluding hydrogens is 468 g/mol. The summed E-state index contributed by atoms with van der Waals surface area (Å²) in [5.41, 5.74) is 2.89. The van der Waals surface area contributed by atoms with E-state index in [1.54, 1.807) is 19.2 Å². The molecule has 0 unspecified atom stereocenters. The Morgan fingerprint density at radius 3 is 2.05 bits per heavy atom. The molecule has 1 fully saturated rings. The van der Waals surface area contributed by atoms with E-state index in [0.717, 1.165) is 13.1 Å². The standard InChI is InChI=1S/C28H28N6O3/c1-37-24-15-9-8-14-23(24)31-27-26(34(35)36)28(30-20-29-27)33-18-16-32(17-19-33)25(21-10-4-2-5-11-21)22-12-6-3-7-13-22/h2-15,20,25H,16-19H2,1H3,(H,29,30,31). The zero-order valence-corrected chi connectivity index (χ0v) is 20.5. The zero-order valence-electron chi connectivity index (χ0n) is 20.5. The summed E-state index contributed by atoms with van der Waals surface area (Å²) in [6.45, 7) is 2.65. The zero-order chi connectivity index (χ0) is 25.6. The van der Waals surface area contributed by atoms with Crippen LogP contribution in [0.1, 0.15) is 17.2 Å². The highest BCUT2D eigenvalue weighted by Gasteiger charge is 2.32. The van der Waals surface area contributed by atoms with E-state index in [4.69, 9.17) is 4.74 Å². The normalized spacial score (nSPS) is 13.9. The number of ether oxygens (including phenoxy) is 1. The summed E-state index contributed by atoms with van der Waals surface area (Å²) in [5.74, 6) is 1.01. The highest BCUT2D eigenvalue weighted by atomic mass is 16.6. The van der Waals surface area contributed by atoms with Gasteiger partial charge in [-0.15, -0.1) is 0 Å². The molecule has 9 nitrogen and oxygen atoms in total. The Morgan fingerprint density at radius 1 is 0.865 bits per heavy atom. The third-order valence-corrected chi connectivity index (χ3v) is 6.56. The molecule has 2 heterocycles. The summed E-state index contributed by atoms with van der Waals surface area (Å²) in [5, 5.41) is 15.3. The van der Waals surface area contributed by atoms with Crippen molar-refractivity contribution in [3.05, 3.63) is 112 Å². The Bertz CT molecular complexity index is 1310. The van der Waals surface area contributed by atoms with Gasteiger partial charge < -0.3 is 15.0 Å². The quantitative estimate of drug-likeness (QED) is 0.267. The summed E-state index contributed by atoms with van der Waals surface area (Å²) >= 11 is 0. The SMILES string of the molecule is COc1ccccc1Nc1ncnc(N2CCN(C(c3ccccc3)c3ccccc3)CC2)c1[N+](=O)[O-]. The molecule has 3 aromatic carbocycles. The molecule has 0 radical (unpaired) electrons. The number of para-hydroxylation sites is 2. The Labute approximate surface area is 215 Å². The molecule has 1 aliphatic heterocycles. The first-order chi connectivity index (χ1) is 18.2. The van der Waals surface area contributed by atoms with Gasteiger partial charge in [0.1, 0.15) is 12.1 Å². The molecular formula is C28H28N6O3. The fraction of sp³-hybridized carbons (Fsp3) is 0.214. The predicted molar refractivity (Wildman–Crippen MR) is 143 cm³/mol. The van der Waals surface area contributed by atoms with Crippen molar-refractivity contribution >= 4 is 23.0 Å². The Hall–Kier alpha value is -4.50. The van der Waals surface area contributed by atoms with E-state index in [2.05, 4.69) is 68.7 Å². The van der Waals surface area contributed by atoms with Crippen molar-refractivity contribution in [3.63, 3.8) is 0 Å². The van der Waals surface area contributed by atoms with Crippen LogP contribution in [0.25, 0.3) is 0 Å². The van der Waals surface area contributed by atoms with Crippen molar-refractivity contribution in [3.8, 4) is 5.75 Å². The molecule has 4 aromatic rings. The van der Waals surface area contributed by atoms with Gasteiger partial charge in [0.15, 0.2) is 0 Å². The van der Waals surface area contributed by atoms with Gasteiger partial charge in [0.05, 0.1) is 23.8 Å². The van der Waals surface area contributed by atoms with E-state index in [1.807, 2.05) is 29.2 Å². The molecule has 188 valence electrons. The smallest absolute Gasteiger partial charge is 0.353 e. The van der Waals surface area contributed by atoms with Crippen LogP contribution in [-0.2, 0) is 0 Å². The molecule has 1 N–H and O–H groups in total. The predicted octanol–water partition coefficient (Wildman–Crippen LogP) is 5.05. The first-order valence-electron chi connectivity index (χ1n) is 12.1. The molecule has 37 heavy (non-hydrogen) atoms. The Balaban J connectivity index is 1.40. The molecule has 0 bridgehead atoms. The van der Waals surface area contributed by atoms with Crippen molar-refractivity contribution in [2.24, 2.45) is 0 Å². The highest BCUT2D eigenvalue weighted by Crippen LogP contribution is 2.37. The second kappa shape index (κ2) is 11.0. The number of nitro groups is 1. The lowest BCUT2D eigenvalue weighted by Crippen LogP contribution is -2.48. The highest BCUT2D eigenvalue weighted by molar-refractivity contribution is 5.76. The van der Waals surface area contributed by atoms with Crippen LogP contribution >= 0.6 is 0 Å². The minimum absolute atomic E-state index is 0.104. The summed E-state index contributed by atoms with van der Waals surface area (Å²) in [7, 11) is 1.55. The minimum atomic E-state index is -0.420. The van der Waals surface area contributed by atoms with Crippen LogP contribution in [0, 0.1) is 10.1 Å². The fourth-order valence-corrected chi connectivity index (χ4v) is 4.81. The van der Waals surface area contributed by atoms with E-state index >= 15 is 0 Å². The number of aromatic nitrogens is 2. The number of piperazine rings is 1. The third-order valence-electron chi connectivity index (χ3n) is 6.56. The average Bonchev–Trinajstić information content (AvgIpc) is 2.95. The maximum absolute atomic E-state index is 12.2. The number of hydrogen-bond donors (Lipinski definition) is 1. The molecule has 0 amide bonds. The molecule has 1 aromatic heterocycles. The minimum Gasteiger partial charge on any atom is -0.495 e. The maximum Gasteiger partial charge on any atom is 0.353 e. The van der Waals surface area contributed by atoms with Gasteiger partial charge in [-0.3, -0.25) is 15.0 Å². The third kappa shape index (κ3) is 5.22. The number of anilines is 3. The van der Waals surface area contributed by atoms with Crippen LogP contribution in [0.15, 0.2) is 91.3 Å². The lowest BCUT2D eigenvalue weighted by Gasteiger charge is -2.40. The van der Waals surface area contributed by atoms with Gasteiger partial charge in [-0.1, -0.05) is 72.8 Å². The van der Waals surface area contributed by atoms with Crippen LogP contribution in [0.2, 0.25) is 0 Å². The van der Waals surface area contributed by atoms with Crippen LogP contribution < -0.4 is 15.0 Å². The first-order valence-corrected chi connectivity index (χ1v) is 12.1. The second-order valence-corrected chi connectivity index (χ2v) is 8.72. The number of nitrogens with one attached hydrogen (secondary N) is 1. The largest absolute Gasteiger partial charge is 0.495 e. The maximum atomic E-state index is 12.2. The van der Waals surface area contributed by atoms with Crippen LogP contribution in [0.3, 0.4) is 0 Å². The van der Waals surface area contributed by atoms with Gasteiger partial charge in [-0.05, 0) is 23.3 Å². The summed E-state index contributed by atoms with van der Waals surface area (Å²) in [6.07, 6.45) is 1.36. The summed E-state index contributed by atoms with van der Waals surface area (Å²) < 4.78 is 5.38. The summed E-state index contributed by atoms with van der Waals surface area (Å²) in [6, 6.07) is 28.2. The average molecular weight is 497 g/mol. The Morgan fingerprint density at radius 2 is 1.46 bits per heavy atom. The second-order valence-electron chi connectivity index (χ2n) is 8.72. The number of hydrogen-bond acceptors (Lipinski definition) is 8. The molecule has 0 saturated carbocycles. The fourth-order valence-electron chi connectivity index (χ4n) is 4.81. The van der Waals surface area contributed by atoms with Gasteiger partial charge in [-0.25, -0.2) is 9.97 Å². The van der Waals surface area contributed by atoms with Gasteiger partial charge in [0.25, 0.3) is 0 Å². The number of nitrogens with zero attached hydrogens (tertiary/aromatic N) is 5. The molecule has 9 heteroatoms. The van der Waals surface area contributed by atoms with Crippen molar-refractivity contribution in [2.45, 2.75) is 6.04 Å². The lowest BCUT2D eigenvalue weighted by atomic mass is 9.96. The van der Waals surface area contributed by atoms with E-state index in [0.29, 0.717) is 30.3 Å². The van der Waals surface area contributed by atoms with Crippen molar-refractivity contribution in [1.29, 1.82) is 0 Å². The molecule has 0 atom stereocenters. The molecule has 0 spiro atoms. The van der Waals surface area contributed by atoms with E-state index in [1.165, 1.54) is 17.5 Å². The molecule has 1 aliphatic rings. The monoisotopic (exact) mass is 496 g/mol. The van der Waals surface area contributed by atoms with Gasteiger partial charge in [0, 0.05) is 26.2 Å². The topological polar surface area (TPSA) is 96.7 Å². The molecule has 0 aliphatic carbocycles. The van der Waals surface area contributed by atoms with Crippen LogP contribution in [0.4, 0.5) is 23.0 Å². The van der Waals surface area contributed by atoms with E-state index < -0.39 is 4.92 Å². The van der Waals surface area contributed by atoms with Crippen LogP contribution in [0.5, 0.6) is 5.75 Å². The van der Waals surface area contributed by atoms with Crippen molar-refractivity contribution in [1.82, 2.24) is 14.9 Å². The Kier molecular flexibility index (Phi) is 7.23. The van der Waals surface area contributed by atoms with Crippen LogP contribution in [-0.4, -0.2) is 53.1 Å². The number of methoxy groups -OCH3 is 1. The van der Waals surface area contributed by atoms with Crippen molar-refractivity contribution < 1.29 is 9.66 Å². The molecule has 5 rings (SSSR count). The van der Waals surface area contributed by atoms with Crippen molar-refractivity contribution in [2.75, 3.05) is 43.5 Å². The van der Waals surface area contributed by atoms with Gasteiger partial charge in [0.2, 0.25) is 11.6 Å². The summed E-state index contributed by atoms with van der Waals surface area (Å²) in [4.78, 5) is 24.7.